The molecule has 1 aliphatic carbocycles. The molecule has 9 aromatic rings. The molecule has 2 aromatic heterocycles. The lowest BCUT2D eigenvalue weighted by Gasteiger charge is -2.19. The van der Waals surface area contributed by atoms with Gasteiger partial charge in [0.05, 0.1) is 16.6 Å². The number of aromatic nitrogens is 2. The van der Waals surface area contributed by atoms with Crippen molar-refractivity contribution >= 4 is 44.4 Å². The van der Waals surface area contributed by atoms with Crippen LogP contribution in [0.2, 0.25) is 0 Å². The van der Waals surface area contributed by atoms with E-state index in [1.165, 1.54) is 99.9 Å². The zero-order valence-corrected chi connectivity index (χ0v) is 29.5. The van der Waals surface area contributed by atoms with E-state index < -0.39 is 0 Å². The lowest BCUT2D eigenvalue weighted by Crippen LogP contribution is -2.06. The zero-order chi connectivity index (χ0) is 34.8. The lowest BCUT2D eigenvalue weighted by molar-refractivity contribution is 0.898. The summed E-state index contributed by atoms with van der Waals surface area (Å²) in [6.45, 7) is 4.35. The molecule has 0 saturated heterocycles. The molecule has 0 atom stereocenters. The number of aryl methyl sites for hydroxylation is 2. The first kappa shape index (κ1) is 30.4. The van der Waals surface area contributed by atoms with Crippen molar-refractivity contribution in [2.24, 2.45) is 0 Å². The third-order valence-corrected chi connectivity index (χ3v) is 10.9. The van der Waals surface area contributed by atoms with Crippen molar-refractivity contribution in [2.75, 3.05) is 0 Å². The van der Waals surface area contributed by atoms with Crippen molar-refractivity contribution in [3.8, 4) is 33.6 Å². The van der Waals surface area contributed by atoms with Crippen LogP contribution < -0.4 is 0 Å². The van der Waals surface area contributed by atoms with E-state index in [0.717, 1.165) is 12.8 Å². The second kappa shape index (κ2) is 12.1. The van der Waals surface area contributed by atoms with Gasteiger partial charge in [-0.05, 0) is 121 Å². The predicted molar refractivity (Wildman–Crippen MR) is 221 cm³/mol. The van der Waals surface area contributed by atoms with Gasteiger partial charge in [-0.25, -0.2) is 0 Å². The maximum absolute atomic E-state index is 2.53. The fraction of sp³-hybridized carbons (Fsp3) is 0.0800. The molecule has 0 amide bonds. The Bertz CT molecular complexity index is 2800. The molecule has 2 heterocycles. The van der Waals surface area contributed by atoms with Crippen LogP contribution in [0.25, 0.3) is 78.0 Å². The quantitative estimate of drug-likeness (QED) is 0.173. The summed E-state index contributed by atoms with van der Waals surface area (Å²) in [6.07, 6.45) is 4.42. The predicted octanol–water partition coefficient (Wildman–Crippen LogP) is 13.2. The highest BCUT2D eigenvalue weighted by molar-refractivity contribution is 6.10. The molecule has 7 aromatic carbocycles. The van der Waals surface area contributed by atoms with Gasteiger partial charge in [-0.2, -0.15) is 0 Å². The van der Waals surface area contributed by atoms with Crippen LogP contribution in [-0.2, 0) is 6.42 Å². The Hall–Kier alpha value is -6.38. The summed E-state index contributed by atoms with van der Waals surface area (Å²) in [4.78, 5) is 0. The number of allylic oxidation sites excluding steroid dienone is 1. The van der Waals surface area contributed by atoms with Gasteiger partial charge in [0.15, 0.2) is 0 Å². The van der Waals surface area contributed by atoms with Crippen LogP contribution in [-0.4, -0.2) is 9.13 Å². The molecule has 0 N–H and O–H groups in total. The van der Waals surface area contributed by atoms with Crippen LogP contribution in [0.5, 0.6) is 0 Å². The van der Waals surface area contributed by atoms with Crippen LogP contribution in [0.15, 0.2) is 164 Å². The number of nitrogens with zero attached hydrogens (tertiary/aromatic N) is 2. The van der Waals surface area contributed by atoms with Gasteiger partial charge < -0.3 is 9.13 Å². The molecule has 0 unspecified atom stereocenters. The number of fused-ring (bicyclic) bond motifs is 6. The Balaban J connectivity index is 1.15. The number of rotatable bonds is 5. The standard InChI is InChI=1S/C50H38N2/c1-33-12-10-14-35(26-33)39-28-40(36-15-11-13-34(2)27-36)30-42(29-39)52-48-21-9-7-19-44(48)46-32-38(23-25-50(46)52)37-22-24-49-45(31-37)43-18-6-8-20-47(43)51(49)41-16-4-3-5-17-41/h3-22,24,26-32H,23,25H2,1-2H3. The minimum absolute atomic E-state index is 0.966. The van der Waals surface area contributed by atoms with Gasteiger partial charge in [-0.1, -0.05) is 120 Å². The molecule has 2 nitrogen and oxygen atoms in total. The molecule has 0 spiro atoms. The number of benzene rings is 7. The van der Waals surface area contributed by atoms with E-state index >= 15 is 0 Å². The van der Waals surface area contributed by atoms with Crippen molar-refractivity contribution in [1.82, 2.24) is 9.13 Å². The van der Waals surface area contributed by atoms with Crippen LogP contribution in [0.1, 0.15) is 34.4 Å². The first-order chi connectivity index (χ1) is 25.6. The molecule has 0 fully saturated rings. The first-order valence-electron chi connectivity index (χ1n) is 18.3. The first-order valence-corrected chi connectivity index (χ1v) is 18.3. The van der Waals surface area contributed by atoms with Crippen LogP contribution in [0.3, 0.4) is 0 Å². The monoisotopic (exact) mass is 666 g/mol. The second-order valence-electron chi connectivity index (χ2n) is 14.3. The fourth-order valence-electron chi connectivity index (χ4n) is 8.50. The molecule has 2 heteroatoms. The molecular weight excluding hydrogens is 629 g/mol. The van der Waals surface area contributed by atoms with E-state index in [9.17, 15) is 0 Å². The molecule has 52 heavy (non-hydrogen) atoms. The average Bonchev–Trinajstić information content (AvgIpc) is 3.70. The number of para-hydroxylation sites is 3. The Morgan fingerprint density at radius 2 is 1.00 bits per heavy atom. The fourth-order valence-corrected chi connectivity index (χ4v) is 8.50. The smallest absolute Gasteiger partial charge is 0.0541 e. The maximum Gasteiger partial charge on any atom is 0.0541 e. The highest BCUT2D eigenvalue weighted by atomic mass is 15.0. The molecular formula is C50H38N2. The summed E-state index contributed by atoms with van der Waals surface area (Å²) < 4.78 is 4.93. The van der Waals surface area contributed by atoms with Gasteiger partial charge in [0.2, 0.25) is 0 Å². The van der Waals surface area contributed by atoms with E-state index in [-0.39, 0.29) is 0 Å². The van der Waals surface area contributed by atoms with Crippen molar-refractivity contribution in [3.05, 3.63) is 192 Å². The second-order valence-corrected chi connectivity index (χ2v) is 14.3. The van der Waals surface area contributed by atoms with Crippen molar-refractivity contribution in [3.63, 3.8) is 0 Å². The van der Waals surface area contributed by atoms with Gasteiger partial charge in [-0.15, -0.1) is 0 Å². The van der Waals surface area contributed by atoms with Crippen molar-refractivity contribution in [1.29, 1.82) is 0 Å². The van der Waals surface area contributed by atoms with Gasteiger partial charge in [-0.3, -0.25) is 0 Å². The Labute approximate surface area is 304 Å². The molecule has 0 radical (unpaired) electrons. The summed E-state index contributed by atoms with van der Waals surface area (Å²) in [6, 6.07) is 60.4. The van der Waals surface area contributed by atoms with E-state index in [1.54, 1.807) is 0 Å². The van der Waals surface area contributed by atoms with Gasteiger partial charge in [0.25, 0.3) is 0 Å². The minimum atomic E-state index is 0.966. The molecule has 10 rings (SSSR count). The normalized spacial score (nSPS) is 12.8. The van der Waals surface area contributed by atoms with E-state index in [0.29, 0.717) is 0 Å². The topological polar surface area (TPSA) is 9.86 Å². The lowest BCUT2D eigenvalue weighted by atomic mass is 9.90. The third kappa shape index (κ3) is 5.02. The van der Waals surface area contributed by atoms with E-state index in [1.807, 2.05) is 0 Å². The van der Waals surface area contributed by atoms with Crippen molar-refractivity contribution < 1.29 is 0 Å². The maximum atomic E-state index is 2.53. The Kier molecular flexibility index (Phi) is 7.11. The zero-order valence-electron chi connectivity index (χ0n) is 29.5. The number of hydrogen-bond donors (Lipinski definition) is 0. The Morgan fingerprint density at radius 1 is 0.385 bits per heavy atom. The largest absolute Gasteiger partial charge is 0.313 e. The van der Waals surface area contributed by atoms with E-state index in [2.05, 4.69) is 193 Å². The highest BCUT2D eigenvalue weighted by Crippen LogP contribution is 2.42. The molecule has 248 valence electrons. The Morgan fingerprint density at radius 3 is 1.69 bits per heavy atom. The molecule has 0 bridgehead atoms. The van der Waals surface area contributed by atoms with E-state index in [4.69, 9.17) is 0 Å². The van der Waals surface area contributed by atoms with Gasteiger partial charge in [0, 0.05) is 38.8 Å². The summed E-state index contributed by atoms with van der Waals surface area (Å²) in [5.41, 5.74) is 19.0. The van der Waals surface area contributed by atoms with Crippen LogP contribution in [0, 0.1) is 13.8 Å². The van der Waals surface area contributed by atoms with Crippen LogP contribution in [0.4, 0.5) is 0 Å². The van der Waals surface area contributed by atoms with Gasteiger partial charge >= 0.3 is 0 Å². The van der Waals surface area contributed by atoms with Gasteiger partial charge in [0.1, 0.15) is 0 Å². The minimum Gasteiger partial charge on any atom is -0.313 e. The summed E-state index contributed by atoms with van der Waals surface area (Å²) >= 11 is 0. The summed E-state index contributed by atoms with van der Waals surface area (Å²) in [7, 11) is 0. The molecule has 0 aliphatic heterocycles. The highest BCUT2D eigenvalue weighted by Gasteiger charge is 2.23. The third-order valence-electron chi connectivity index (χ3n) is 10.9. The average molecular weight is 667 g/mol. The number of hydrogen-bond acceptors (Lipinski definition) is 0. The molecule has 1 aliphatic rings. The summed E-state index contributed by atoms with van der Waals surface area (Å²) in [5.74, 6) is 0. The summed E-state index contributed by atoms with van der Waals surface area (Å²) in [5, 5.41) is 3.88. The van der Waals surface area contributed by atoms with Crippen LogP contribution >= 0.6 is 0 Å². The molecule has 0 saturated carbocycles. The van der Waals surface area contributed by atoms with Crippen molar-refractivity contribution in [2.45, 2.75) is 26.7 Å². The SMILES string of the molecule is Cc1cccc(-c2cc(-c3cccc(C)c3)cc(-n3c4c(c5ccccc53)C=C(c3ccc5c(c3)c3ccccc3n5-c3ccccc3)CC4)c2)c1.